The zero-order chi connectivity index (χ0) is 14.7. The second kappa shape index (κ2) is 6.50. The van der Waals surface area contributed by atoms with Crippen molar-refractivity contribution in [1.29, 1.82) is 0 Å². The third-order valence-corrected chi connectivity index (χ3v) is 5.42. The highest BCUT2D eigenvalue weighted by Gasteiger charge is 2.32. The van der Waals surface area contributed by atoms with Crippen molar-refractivity contribution in [1.82, 2.24) is 5.32 Å². The van der Waals surface area contributed by atoms with Gasteiger partial charge in [0.1, 0.15) is 0 Å². The van der Waals surface area contributed by atoms with Crippen molar-refractivity contribution >= 4 is 0 Å². The van der Waals surface area contributed by atoms with Crippen molar-refractivity contribution in [2.45, 2.75) is 69.9 Å². The van der Waals surface area contributed by atoms with E-state index in [1.54, 1.807) is 0 Å². The Hall–Kier alpha value is -0.860. The number of benzene rings is 1. The summed E-state index contributed by atoms with van der Waals surface area (Å²) in [7, 11) is 0. The van der Waals surface area contributed by atoms with Gasteiger partial charge in [0, 0.05) is 13.1 Å². The van der Waals surface area contributed by atoms with Crippen LogP contribution in [0.2, 0.25) is 0 Å². The lowest BCUT2D eigenvalue weighted by Crippen LogP contribution is -2.43. The molecule has 0 heterocycles. The highest BCUT2D eigenvalue weighted by atomic mass is 16.3. The number of hydrogen-bond donors (Lipinski definition) is 2. The number of aliphatic hydroxyl groups is 1. The van der Waals surface area contributed by atoms with E-state index in [0.29, 0.717) is 0 Å². The summed E-state index contributed by atoms with van der Waals surface area (Å²) < 4.78 is 0. The molecule has 1 aromatic carbocycles. The Morgan fingerprint density at radius 2 is 1.76 bits per heavy atom. The summed E-state index contributed by atoms with van der Waals surface area (Å²) >= 11 is 0. The average molecular weight is 287 g/mol. The molecule has 2 aliphatic carbocycles. The first-order valence-corrected chi connectivity index (χ1v) is 8.70. The maximum atomic E-state index is 10.6. The van der Waals surface area contributed by atoms with Crippen LogP contribution >= 0.6 is 0 Å². The molecule has 3 rings (SSSR count). The highest BCUT2D eigenvalue weighted by molar-refractivity contribution is 5.27. The van der Waals surface area contributed by atoms with Crippen LogP contribution in [0.25, 0.3) is 0 Å². The summed E-state index contributed by atoms with van der Waals surface area (Å²) in [6.45, 7) is 3.86. The first kappa shape index (κ1) is 15.1. The minimum Gasteiger partial charge on any atom is -0.389 e. The second-order valence-corrected chi connectivity index (χ2v) is 7.20. The molecule has 2 saturated carbocycles. The fraction of sp³-hybridized carbons (Fsp3) is 0.684. The smallest absolute Gasteiger partial charge is 0.0771 e. The molecule has 0 atom stereocenters. The number of nitrogens with one attached hydrogen (secondary N) is 1. The Morgan fingerprint density at radius 1 is 1.10 bits per heavy atom. The van der Waals surface area contributed by atoms with Gasteiger partial charge in [-0.3, -0.25) is 0 Å². The molecule has 0 amide bonds. The van der Waals surface area contributed by atoms with Gasteiger partial charge in [-0.1, -0.05) is 37.6 Å². The van der Waals surface area contributed by atoms with E-state index >= 15 is 0 Å². The molecule has 0 saturated heterocycles. The molecule has 0 spiro atoms. The number of hydrogen-bond acceptors (Lipinski definition) is 2. The van der Waals surface area contributed by atoms with Crippen LogP contribution in [0.3, 0.4) is 0 Å². The predicted octanol–water partition coefficient (Wildman–Crippen LogP) is 3.98. The van der Waals surface area contributed by atoms with Gasteiger partial charge in [-0.2, -0.15) is 0 Å². The van der Waals surface area contributed by atoms with Gasteiger partial charge in [0.2, 0.25) is 0 Å². The first-order valence-electron chi connectivity index (χ1n) is 8.70. The molecule has 0 unspecified atom stereocenters. The van der Waals surface area contributed by atoms with Crippen LogP contribution in [0.15, 0.2) is 24.3 Å². The fourth-order valence-electron chi connectivity index (χ4n) is 3.56. The third kappa shape index (κ3) is 4.08. The van der Waals surface area contributed by atoms with Crippen molar-refractivity contribution < 1.29 is 5.11 Å². The zero-order valence-corrected chi connectivity index (χ0v) is 13.3. The molecule has 116 valence electrons. The third-order valence-electron chi connectivity index (χ3n) is 5.42. The summed E-state index contributed by atoms with van der Waals surface area (Å²) in [6.07, 6.45) is 8.28. The monoisotopic (exact) mass is 287 g/mol. The van der Waals surface area contributed by atoms with Crippen molar-refractivity contribution in [2.75, 3.05) is 6.54 Å². The molecule has 0 radical (unpaired) electrons. The summed E-state index contributed by atoms with van der Waals surface area (Å²) in [5, 5.41) is 14.1. The Labute approximate surface area is 129 Å². The van der Waals surface area contributed by atoms with Crippen molar-refractivity contribution in [3.8, 4) is 0 Å². The maximum absolute atomic E-state index is 10.6. The van der Waals surface area contributed by atoms with E-state index in [1.807, 2.05) is 0 Å². The number of rotatable bonds is 6. The predicted molar refractivity (Wildman–Crippen MR) is 87.3 cm³/mol. The van der Waals surface area contributed by atoms with E-state index < -0.39 is 5.60 Å². The molecule has 21 heavy (non-hydrogen) atoms. The van der Waals surface area contributed by atoms with Gasteiger partial charge in [0.05, 0.1) is 5.60 Å². The van der Waals surface area contributed by atoms with Gasteiger partial charge in [-0.25, -0.2) is 0 Å². The van der Waals surface area contributed by atoms with E-state index in [-0.39, 0.29) is 0 Å². The summed E-state index contributed by atoms with van der Waals surface area (Å²) in [5.74, 6) is 1.67. The van der Waals surface area contributed by atoms with Gasteiger partial charge >= 0.3 is 0 Å². The molecule has 2 N–H and O–H groups in total. The van der Waals surface area contributed by atoms with E-state index in [9.17, 15) is 5.11 Å². The molecular formula is C19H29NO. The molecule has 2 aliphatic rings. The Balaban J connectivity index is 1.42. The van der Waals surface area contributed by atoms with Gasteiger partial charge in [0.25, 0.3) is 0 Å². The topological polar surface area (TPSA) is 32.3 Å². The molecule has 0 aromatic heterocycles. The Kier molecular flexibility index (Phi) is 4.66. The van der Waals surface area contributed by atoms with Gasteiger partial charge in [0.15, 0.2) is 0 Å². The second-order valence-electron chi connectivity index (χ2n) is 7.20. The molecule has 0 aliphatic heterocycles. The van der Waals surface area contributed by atoms with E-state index in [1.165, 1.54) is 43.2 Å². The van der Waals surface area contributed by atoms with Crippen LogP contribution in [0, 0.1) is 5.92 Å². The summed E-state index contributed by atoms with van der Waals surface area (Å²) in [5.41, 5.74) is 2.35. The fourth-order valence-corrected chi connectivity index (χ4v) is 3.56. The minimum atomic E-state index is -0.473. The zero-order valence-electron chi connectivity index (χ0n) is 13.3. The van der Waals surface area contributed by atoms with Crippen LogP contribution in [0.5, 0.6) is 0 Å². The molecule has 0 bridgehead atoms. The van der Waals surface area contributed by atoms with Crippen molar-refractivity contribution in [3.05, 3.63) is 35.4 Å². The lowest BCUT2D eigenvalue weighted by Gasteiger charge is -2.36. The lowest BCUT2D eigenvalue weighted by atomic mass is 9.78. The lowest BCUT2D eigenvalue weighted by molar-refractivity contribution is -0.00881. The van der Waals surface area contributed by atoms with Crippen molar-refractivity contribution in [3.63, 3.8) is 0 Å². The van der Waals surface area contributed by atoms with Gasteiger partial charge in [-0.15, -0.1) is 0 Å². The average Bonchev–Trinajstić information content (AvgIpc) is 3.33. The molecule has 2 heteroatoms. The maximum Gasteiger partial charge on any atom is 0.0771 e. The van der Waals surface area contributed by atoms with Crippen LogP contribution in [-0.2, 0) is 6.54 Å². The van der Waals surface area contributed by atoms with Gasteiger partial charge < -0.3 is 10.4 Å². The first-order chi connectivity index (χ1) is 10.2. The molecule has 2 fully saturated rings. The summed E-state index contributed by atoms with van der Waals surface area (Å²) in [6, 6.07) is 9.02. The van der Waals surface area contributed by atoms with Gasteiger partial charge in [-0.05, 0) is 61.5 Å². The highest BCUT2D eigenvalue weighted by Crippen LogP contribution is 2.39. The Morgan fingerprint density at radius 3 is 2.33 bits per heavy atom. The minimum absolute atomic E-state index is 0.473. The standard InChI is InChI=1S/C19H29NO/c1-2-15-9-11-19(21,12-10-15)14-20-13-16-3-5-17(6-4-16)18-7-8-18/h3-6,15,18,20-21H,2,7-14H2,1H3. The molecule has 2 nitrogen and oxygen atoms in total. The summed E-state index contributed by atoms with van der Waals surface area (Å²) in [4.78, 5) is 0. The Bertz CT molecular complexity index is 441. The van der Waals surface area contributed by atoms with Crippen LogP contribution < -0.4 is 5.32 Å². The van der Waals surface area contributed by atoms with E-state index in [4.69, 9.17) is 0 Å². The van der Waals surface area contributed by atoms with Crippen LogP contribution in [0.1, 0.15) is 68.9 Å². The molecule has 1 aromatic rings. The van der Waals surface area contributed by atoms with E-state index in [2.05, 4.69) is 36.5 Å². The van der Waals surface area contributed by atoms with Crippen molar-refractivity contribution in [2.24, 2.45) is 5.92 Å². The van der Waals surface area contributed by atoms with E-state index in [0.717, 1.165) is 37.8 Å². The molecular weight excluding hydrogens is 258 g/mol. The van der Waals surface area contributed by atoms with Crippen LogP contribution in [0.4, 0.5) is 0 Å². The SMILES string of the molecule is CCC1CCC(O)(CNCc2ccc(C3CC3)cc2)CC1. The normalized spacial score (nSPS) is 29.5. The van der Waals surface area contributed by atoms with Crippen LogP contribution in [-0.4, -0.2) is 17.3 Å². The largest absolute Gasteiger partial charge is 0.389 e. The quantitative estimate of drug-likeness (QED) is 0.829.